The number of benzene rings is 2. The summed E-state index contributed by atoms with van der Waals surface area (Å²) in [5.74, 6) is -0.165. The van der Waals surface area contributed by atoms with Gasteiger partial charge in [-0.2, -0.15) is 0 Å². The van der Waals surface area contributed by atoms with Crippen LogP contribution >= 0.6 is 15.9 Å². The van der Waals surface area contributed by atoms with E-state index in [-0.39, 0.29) is 11.9 Å². The summed E-state index contributed by atoms with van der Waals surface area (Å²) < 4.78 is 14.5. The van der Waals surface area contributed by atoms with Crippen LogP contribution in [-0.2, 0) is 12.8 Å². The van der Waals surface area contributed by atoms with Crippen molar-refractivity contribution in [3.8, 4) is 0 Å². The van der Waals surface area contributed by atoms with E-state index in [1.807, 2.05) is 6.07 Å². The SMILES string of the molecule is CCc1cc(Br)cc2c1NC(c1cccc(F)c1)CC2. The van der Waals surface area contributed by atoms with Crippen LogP contribution in [0, 0.1) is 5.82 Å². The first-order chi connectivity index (χ1) is 9.67. The third kappa shape index (κ3) is 2.59. The van der Waals surface area contributed by atoms with E-state index in [4.69, 9.17) is 0 Å². The summed E-state index contributed by atoms with van der Waals surface area (Å²) in [7, 11) is 0. The number of anilines is 1. The molecule has 3 rings (SSSR count). The summed E-state index contributed by atoms with van der Waals surface area (Å²) in [5, 5.41) is 3.60. The molecular formula is C17H17BrFN. The lowest BCUT2D eigenvalue weighted by molar-refractivity contribution is 0.614. The van der Waals surface area contributed by atoms with Crippen molar-refractivity contribution in [1.82, 2.24) is 0 Å². The molecule has 0 fully saturated rings. The van der Waals surface area contributed by atoms with Crippen molar-refractivity contribution in [3.63, 3.8) is 0 Å². The fraction of sp³-hybridized carbons (Fsp3) is 0.294. The Balaban J connectivity index is 1.95. The average molecular weight is 334 g/mol. The monoisotopic (exact) mass is 333 g/mol. The van der Waals surface area contributed by atoms with Crippen molar-refractivity contribution in [2.75, 3.05) is 5.32 Å². The normalized spacial score (nSPS) is 17.4. The molecule has 2 aromatic carbocycles. The summed E-state index contributed by atoms with van der Waals surface area (Å²) in [6.45, 7) is 2.16. The first-order valence-corrected chi connectivity index (χ1v) is 7.80. The van der Waals surface area contributed by atoms with Gasteiger partial charge < -0.3 is 5.32 Å². The molecule has 0 spiro atoms. The molecule has 1 nitrogen and oxygen atoms in total. The highest BCUT2D eigenvalue weighted by Gasteiger charge is 2.21. The summed E-state index contributed by atoms with van der Waals surface area (Å²) in [4.78, 5) is 0. The van der Waals surface area contributed by atoms with Gasteiger partial charge in [-0.3, -0.25) is 0 Å². The molecule has 0 amide bonds. The van der Waals surface area contributed by atoms with Crippen LogP contribution in [0.15, 0.2) is 40.9 Å². The maximum absolute atomic E-state index is 13.4. The van der Waals surface area contributed by atoms with Gasteiger partial charge in [-0.25, -0.2) is 4.39 Å². The Morgan fingerprint density at radius 2 is 2.15 bits per heavy atom. The molecule has 104 valence electrons. The highest BCUT2D eigenvalue weighted by molar-refractivity contribution is 9.10. The average Bonchev–Trinajstić information content (AvgIpc) is 2.46. The van der Waals surface area contributed by atoms with Gasteiger partial charge in [0.05, 0.1) is 6.04 Å². The highest BCUT2D eigenvalue weighted by atomic mass is 79.9. The summed E-state index contributed by atoms with van der Waals surface area (Å²) in [6, 6.07) is 11.5. The number of aryl methyl sites for hydroxylation is 2. The predicted octanol–water partition coefficient (Wildman–Crippen LogP) is 5.25. The molecule has 0 aromatic heterocycles. The van der Waals surface area contributed by atoms with E-state index in [1.165, 1.54) is 22.9 Å². The molecule has 1 aliphatic rings. The molecule has 0 aliphatic carbocycles. The third-order valence-electron chi connectivity index (χ3n) is 3.92. The van der Waals surface area contributed by atoms with Crippen LogP contribution in [-0.4, -0.2) is 0 Å². The maximum atomic E-state index is 13.4. The van der Waals surface area contributed by atoms with Gasteiger partial charge in [0.25, 0.3) is 0 Å². The van der Waals surface area contributed by atoms with Gasteiger partial charge >= 0.3 is 0 Å². The number of hydrogen-bond acceptors (Lipinski definition) is 1. The topological polar surface area (TPSA) is 12.0 Å². The second-order valence-corrected chi connectivity index (χ2v) is 6.16. The summed E-state index contributed by atoms with van der Waals surface area (Å²) in [6.07, 6.45) is 3.01. The Morgan fingerprint density at radius 1 is 1.30 bits per heavy atom. The van der Waals surface area contributed by atoms with E-state index in [1.54, 1.807) is 12.1 Å². The molecule has 0 saturated carbocycles. The smallest absolute Gasteiger partial charge is 0.123 e. The Bertz CT molecular complexity index is 622. The van der Waals surface area contributed by atoms with Gasteiger partial charge in [0.15, 0.2) is 0 Å². The molecule has 1 N–H and O–H groups in total. The second kappa shape index (κ2) is 5.57. The number of halogens is 2. The molecule has 3 heteroatoms. The van der Waals surface area contributed by atoms with E-state index in [9.17, 15) is 4.39 Å². The number of fused-ring (bicyclic) bond motifs is 1. The van der Waals surface area contributed by atoms with Crippen LogP contribution in [0.25, 0.3) is 0 Å². The zero-order valence-corrected chi connectivity index (χ0v) is 13.0. The Kier molecular flexibility index (Phi) is 3.79. The van der Waals surface area contributed by atoms with Crippen LogP contribution in [0.3, 0.4) is 0 Å². The first kappa shape index (κ1) is 13.6. The molecule has 1 atom stereocenters. The Labute approximate surface area is 127 Å². The van der Waals surface area contributed by atoms with Crippen LogP contribution < -0.4 is 5.32 Å². The third-order valence-corrected chi connectivity index (χ3v) is 4.38. The van der Waals surface area contributed by atoms with Crippen LogP contribution in [0.5, 0.6) is 0 Å². The quantitative estimate of drug-likeness (QED) is 0.791. The number of hydrogen-bond donors (Lipinski definition) is 1. The van der Waals surface area contributed by atoms with Crippen molar-refractivity contribution in [2.45, 2.75) is 32.2 Å². The van der Waals surface area contributed by atoms with Crippen LogP contribution in [0.4, 0.5) is 10.1 Å². The molecule has 0 radical (unpaired) electrons. The predicted molar refractivity (Wildman–Crippen MR) is 84.6 cm³/mol. The van der Waals surface area contributed by atoms with E-state index in [0.29, 0.717) is 0 Å². The van der Waals surface area contributed by atoms with Crippen molar-refractivity contribution in [3.05, 3.63) is 63.4 Å². The largest absolute Gasteiger partial charge is 0.378 e. The molecule has 2 aromatic rings. The molecule has 0 bridgehead atoms. The zero-order valence-electron chi connectivity index (χ0n) is 11.4. The molecule has 1 aliphatic heterocycles. The van der Waals surface area contributed by atoms with Crippen molar-refractivity contribution in [2.24, 2.45) is 0 Å². The van der Waals surface area contributed by atoms with Gasteiger partial charge in [0.2, 0.25) is 0 Å². The van der Waals surface area contributed by atoms with E-state index >= 15 is 0 Å². The lowest BCUT2D eigenvalue weighted by atomic mass is 9.91. The summed E-state index contributed by atoms with van der Waals surface area (Å²) in [5.41, 5.74) is 4.93. The van der Waals surface area contributed by atoms with Gasteiger partial charge in [-0.05, 0) is 60.2 Å². The van der Waals surface area contributed by atoms with Crippen LogP contribution in [0.2, 0.25) is 0 Å². The lowest BCUT2D eigenvalue weighted by Crippen LogP contribution is -2.19. The van der Waals surface area contributed by atoms with Crippen molar-refractivity contribution in [1.29, 1.82) is 0 Å². The van der Waals surface area contributed by atoms with Gasteiger partial charge in [-0.1, -0.05) is 35.0 Å². The van der Waals surface area contributed by atoms with Gasteiger partial charge in [-0.15, -0.1) is 0 Å². The Hall–Kier alpha value is -1.35. The van der Waals surface area contributed by atoms with E-state index in [2.05, 4.69) is 40.3 Å². The summed E-state index contributed by atoms with van der Waals surface area (Å²) >= 11 is 3.57. The second-order valence-electron chi connectivity index (χ2n) is 5.24. The number of rotatable bonds is 2. The van der Waals surface area contributed by atoms with Gasteiger partial charge in [0, 0.05) is 10.2 Å². The molecular weight excluding hydrogens is 317 g/mol. The fourth-order valence-electron chi connectivity index (χ4n) is 2.91. The van der Waals surface area contributed by atoms with Crippen molar-refractivity contribution < 1.29 is 4.39 Å². The van der Waals surface area contributed by atoms with E-state index in [0.717, 1.165) is 29.3 Å². The minimum atomic E-state index is -0.165. The standard InChI is InChI=1S/C17H17BrFN/c1-2-11-8-14(18)9-13-6-7-16(20-17(11)13)12-4-3-5-15(19)10-12/h3-5,8-10,16,20H,2,6-7H2,1H3. The zero-order chi connectivity index (χ0) is 14.1. The minimum Gasteiger partial charge on any atom is -0.378 e. The minimum absolute atomic E-state index is 0.165. The first-order valence-electron chi connectivity index (χ1n) is 7.00. The maximum Gasteiger partial charge on any atom is 0.123 e. The molecule has 0 saturated heterocycles. The molecule has 1 heterocycles. The molecule has 20 heavy (non-hydrogen) atoms. The fourth-order valence-corrected chi connectivity index (χ4v) is 3.46. The van der Waals surface area contributed by atoms with Gasteiger partial charge in [0.1, 0.15) is 5.82 Å². The van der Waals surface area contributed by atoms with Crippen LogP contribution in [0.1, 0.15) is 36.1 Å². The van der Waals surface area contributed by atoms with E-state index < -0.39 is 0 Å². The molecule has 1 unspecified atom stereocenters. The highest BCUT2D eigenvalue weighted by Crippen LogP contribution is 2.37. The number of nitrogens with one attached hydrogen (secondary N) is 1. The lowest BCUT2D eigenvalue weighted by Gasteiger charge is -2.29. The van der Waals surface area contributed by atoms with Crippen molar-refractivity contribution >= 4 is 21.6 Å². The Morgan fingerprint density at radius 3 is 2.90 bits per heavy atom.